The number of ether oxygens (including phenoxy) is 1. The number of nitrogens with one attached hydrogen (secondary N) is 1. The molecular formula is C19H19N3O3S. The van der Waals surface area contributed by atoms with Crippen molar-refractivity contribution in [2.75, 3.05) is 17.7 Å². The summed E-state index contributed by atoms with van der Waals surface area (Å²) in [6, 6.07) is 15.1. The molecule has 0 unspecified atom stereocenters. The molecule has 0 bridgehead atoms. The molecule has 7 heteroatoms. The summed E-state index contributed by atoms with van der Waals surface area (Å²) < 4.78 is 11.0. The highest BCUT2D eigenvalue weighted by molar-refractivity contribution is 7.99. The lowest BCUT2D eigenvalue weighted by atomic mass is 10.2. The monoisotopic (exact) mass is 369 g/mol. The van der Waals surface area contributed by atoms with Gasteiger partial charge in [-0.15, -0.1) is 10.2 Å². The van der Waals surface area contributed by atoms with Gasteiger partial charge in [0.25, 0.3) is 5.22 Å². The second-order valence-corrected chi connectivity index (χ2v) is 6.41. The molecule has 0 spiro atoms. The molecule has 2 aromatic carbocycles. The first-order valence-electron chi connectivity index (χ1n) is 8.20. The van der Waals surface area contributed by atoms with Crippen molar-refractivity contribution in [3.63, 3.8) is 0 Å². The van der Waals surface area contributed by atoms with Crippen molar-refractivity contribution in [1.82, 2.24) is 10.2 Å². The van der Waals surface area contributed by atoms with Crippen LogP contribution in [-0.4, -0.2) is 28.5 Å². The first-order valence-corrected chi connectivity index (χ1v) is 9.19. The highest BCUT2D eigenvalue weighted by Gasteiger charge is 2.12. The van der Waals surface area contributed by atoms with Crippen LogP contribution in [0.5, 0.6) is 5.75 Å². The first kappa shape index (κ1) is 18.0. The minimum absolute atomic E-state index is 0.120. The van der Waals surface area contributed by atoms with Crippen LogP contribution in [0.4, 0.5) is 5.69 Å². The Labute approximate surface area is 156 Å². The summed E-state index contributed by atoms with van der Waals surface area (Å²) in [4.78, 5) is 12.1. The van der Waals surface area contributed by atoms with Crippen LogP contribution in [0, 0.1) is 6.92 Å². The highest BCUT2D eigenvalue weighted by atomic mass is 32.2. The van der Waals surface area contributed by atoms with E-state index in [2.05, 4.69) is 15.5 Å². The standard InChI is InChI=1S/C19H19N3O3S/c1-3-24-15-10-8-14(9-11-15)18-21-22-19(25-18)26-12-17(23)20-16-7-5-4-6-13(16)2/h4-11H,3,12H2,1-2H3,(H,20,23). The van der Waals surface area contributed by atoms with Crippen LogP contribution in [0.1, 0.15) is 12.5 Å². The number of anilines is 1. The number of carbonyl (C=O) groups excluding carboxylic acids is 1. The van der Waals surface area contributed by atoms with Gasteiger partial charge in [-0.05, 0) is 49.7 Å². The smallest absolute Gasteiger partial charge is 0.277 e. The summed E-state index contributed by atoms with van der Waals surface area (Å²) in [5.74, 6) is 1.28. The molecule has 1 aromatic heterocycles. The minimum atomic E-state index is -0.120. The largest absolute Gasteiger partial charge is 0.494 e. The summed E-state index contributed by atoms with van der Waals surface area (Å²) in [5.41, 5.74) is 2.62. The second-order valence-electron chi connectivity index (χ2n) is 5.48. The molecule has 0 radical (unpaired) electrons. The van der Waals surface area contributed by atoms with Gasteiger partial charge in [-0.1, -0.05) is 30.0 Å². The maximum absolute atomic E-state index is 12.1. The fourth-order valence-corrected chi connectivity index (χ4v) is 2.84. The zero-order valence-electron chi connectivity index (χ0n) is 14.6. The number of hydrogen-bond donors (Lipinski definition) is 1. The Morgan fingerprint density at radius 3 is 2.65 bits per heavy atom. The Kier molecular flexibility index (Phi) is 5.91. The number of rotatable bonds is 7. The zero-order valence-corrected chi connectivity index (χ0v) is 15.4. The third kappa shape index (κ3) is 4.64. The van der Waals surface area contributed by atoms with Crippen molar-refractivity contribution >= 4 is 23.4 Å². The number of carbonyl (C=O) groups is 1. The van der Waals surface area contributed by atoms with Gasteiger partial charge < -0.3 is 14.5 Å². The molecule has 0 saturated carbocycles. The van der Waals surface area contributed by atoms with E-state index in [0.717, 1.165) is 22.6 Å². The number of nitrogens with zero attached hydrogens (tertiary/aromatic N) is 2. The van der Waals surface area contributed by atoms with E-state index in [9.17, 15) is 4.79 Å². The molecule has 1 heterocycles. The zero-order chi connectivity index (χ0) is 18.4. The number of para-hydroxylation sites is 1. The van der Waals surface area contributed by atoms with Gasteiger partial charge in [-0.3, -0.25) is 4.79 Å². The molecule has 0 aliphatic rings. The van der Waals surface area contributed by atoms with E-state index in [4.69, 9.17) is 9.15 Å². The van der Waals surface area contributed by atoms with Crippen LogP contribution < -0.4 is 10.1 Å². The van der Waals surface area contributed by atoms with E-state index >= 15 is 0 Å². The average molecular weight is 369 g/mol. The highest BCUT2D eigenvalue weighted by Crippen LogP contribution is 2.25. The van der Waals surface area contributed by atoms with E-state index in [-0.39, 0.29) is 11.7 Å². The number of benzene rings is 2. The van der Waals surface area contributed by atoms with Crippen LogP contribution in [0.15, 0.2) is 58.2 Å². The summed E-state index contributed by atoms with van der Waals surface area (Å²) in [6.45, 7) is 4.50. The van der Waals surface area contributed by atoms with Gasteiger partial charge in [-0.25, -0.2) is 0 Å². The van der Waals surface area contributed by atoms with Crippen LogP contribution >= 0.6 is 11.8 Å². The fraction of sp³-hybridized carbons (Fsp3) is 0.211. The molecule has 6 nitrogen and oxygen atoms in total. The van der Waals surface area contributed by atoms with Crippen molar-refractivity contribution in [1.29, 1.82) is 0 Å². The molecule has 0 atom stereocenters. The summed E-state index contributed by atoms with van der Waals surface area (Å²) >= 11 is 1.20. The Balaban J connectivity index is 1.56. The Hall–Kier alpha value is -2.80. The van der Waals surface area contributed by atoms with Crippen LogP contribution in [-0.2, 0) is 4.79 Å². The quantitative estimate of drug-likeness (QED) is 0.630. The van der Waals surface area contributed by atoms with Gasteiger partial charge >= 0.3 is 0 Å². The van der Waals surface area contributed by atoms with Gasteiger partial charge in [0.15, 0.2) is 0 Å². The lowest BCUT2D eigenvalue weighted by Crippen LogP contribution is -2.14. The molecular weight excluding hydrogens is 350 g/mol. The number of aryl methyl sites for hydroxylation is 1. The summed E-state index contributed by atoms with van der Waals surface area (Å²) in [6.07, 6.45) is 0. The van der Waals surface area contributed by atoms with Gasteiger partial charge in [0, 0.05) is 11.3 Å². The van der Waals surface area contributed by atoms with Crippen LogP contribution in [0.25, 0.3) is 11.5 Å². The maximum atomic E-state index is 12.1. The first-order chi connectivity index (χ1) is 12.7. The number of thioether (sulfide) groups is 1. The molecule has 0 fully saturated rings. The third-order valence-corrected chi connectivity index (χ3v) is 4.38. The predicted octanol–water partition coefficient (Wildman–Crippen LogP) is 4.17. The number of aromatic nitrogens is 2. The van der Waals surface area contributed by atoms with Crippen LogP contribution in [0.3, 0.4) is 0 Å². The lowest BCUT2D eigenvalue weighted by Gasteiger charge is -2.06. The van der Waals surface area contributed by atoms with Gasteiger partial charge in [0.05, 0.1) is 12.4 Å². The summed E-state index contributed by atoms with van der Waals surface area (Å²) in [7, 11) is 0. The lowest BCUT2D eigenvalue weighted by molar-refractivity contribution is -0.113. The fourth-order valence-electron chi connectivity index (χ4n) is 2.27. The number of amides is 1. The Morgan fingerprint density at radius 1 is 1.15 bits per heavy atom. The number of hydrogen-bond acceptors (Lipinski definition) is 6. The van der Waals surface area contributed by atoms with Crippen LogP contribution in [0.2, 0.25) is 0 Å². The molecule has 134 valence electrons. The van der Waals surface area contributed by atoms with Gasteiger partial charge in [0.2, 0.25) is 11.8 Å². The summed E-state index contributed by atoms with van der Waals surface area (Å²) in [5, 5.41) is 11.2. The van der Waals surface area contributed by atoms with Crippen molar-refractivity contribution in [3.05, 3.63) is 54.1 Å². The van der Waals surface area contributed by atoms with Crippen molar-refractivity contribution in [2.45, 2.75) is 19.1 Å². The molecule has 3 rings (SSSR count). The van der Waals surface area contributed by atoms with Crippen molar-refractivity contribution in [3.8, 4) is 17.2 Å². The van der Waals surface area contributed by atoms with Crippen molar-refractivity contribution < 1.29 is 13.9 Å². The van der Waals surface area contributed by atoms with Gasteiger partial charge in [-0.2, -0.15) is 0 Å². The maximum Gasteiger partial charge on any atom is 0.277 e. The average Bonchev–Trinajstić information content (AvgIpc) is 3.12. The molecule has 1 N–H and O–H groups in total. The minimum Gasteiger partial charge on any atom is -0.494 e. The molecule has 0 aliphatic heterocycles. The normalized spacial score (nSPS) is 10.5. The topological polar surface area (TPSA) is 77.2 Å². The second kappa shape index (κ2) is 8.53. The SMILES string of the molecule is CCOc1ccc(-c2nnc(SCC(=O)Nc3ccccc3C)o2)cc1. The van der Waals surface area contributed by atoms with E-state index in [1.54, 1.807) is 0 Å². The molecule has 1 amide bonds. The van der Waals surface area contributed by atoms with Gasteiger partial charge in [0.1, 0.15) is 5.75 Å². The van der Waals surface area contributed by atoms with E-state index < -0.39 is 0 Å². The van der Waals surface area contributed by atoms with Crippen molar-refractivity contribution in [2.24, 2.45) is 0 Å². The van der Waals surface area contributed by atoms with E-state index in [1.807, 2.05) is 62.4 Å². The molecule has 3 aromatic rings. The van der Waals surface area contributed by atoms with E-state index in [1.165, 1.54) is 11.8 Å². The molecule has 26 heavy (non-hydrogen) atoms. The third-order valence-electron chi connectivity index (χ3n) is 3.56. The Morgan fingerprint density at radius 2 is 1.92 bits per heavy atom. The van der Waals surface area contributed by atoms with E-state index in [0.29, 0.717) is 17.7 Å². The molecule has 0 aliphatic carbocycles. The molecule has 0 saturated heterocycles. The Bertz CT molecular complexity index is 878. The predicted molar refractivity (Wildman–Crippen MR) is 101 cm³/mol.